The van der Waals surface area contributed by atoms with Gasteiger partial charge in [-0.3, -0.25) is 0 Å². The number of rotatable bonds is 4. The van der Waals surface area contributed by atoms with E-state index in [0.717, 1.165) is 28.0 Å². The standard InChI is InChI=1S/C20H18BrN/c1-2-16-10-9-15-19(20(16)21)22(17-11-5-3-6-12-17)18-13-7-4-8-14-18/h3-15H,2H2,1H3. The Hall–Kier alpha value is -2.06. The van der Waals surface area contributed by atoms with Crippen LogP contribution < -0.4 is 4.90 Å². The predicted molar refractivity (Wildman–Crippen MR) is 98.2 cm³/mol. The quantitative estimate of drug-likeness (QED) is 0.519. The zero-order valence-electron chi connectivity index (χ0n) is 12.5. The smallest absolute Gasteiger partial charge is 0.0606 e. The number of aryl methyl sites for hydroxylation is 1. The SMILES string of the molecule is CCc1cccc(N(c2ccccc2)c2ccccc2)c1Br. The Labute approximate surface area is 140 Å². The molecule has 0 bridgehead atoms. The van der Waals surface area contributed by atoms with E-state index in [1.54, 1.807) is 0 Å². The molecule has 0 saturated carbocycles. The first kappa shape index (κ1) is 14.9. The van der Waals surface area contributed by atoms with E-state index in [4.69, 9.17) is 0 Å². The lowest BCUT2D eigenvalue weighted by Gasteiger charge is -2.27. The monoisotopic (exact) mass is 351 g/mol. The molecule has 0 aromatic heterocycles. The molecule has 0 saturated heterocycles. The molecule has 22 heavy (non-hydrogen) atoms. The summed E-state index contributed by atoms with van der Waals surface area (Å²) in [6, 6.07) is 27.4. The third-order valence-electron chi connectivity index (χ3n) is 3.71. The lowest BCUT2D eigenvalue weighted by Crippen LogP contribution is -2.10. The molecule has 0 heterocycles. The maximum Gasteiger partial charge on any atom is 0.0606 e. The maximum absolute atomic E-state index is 3.79. The number of halogens is 1. The van der Waals surface area contributed by atoms with Crippen LogP contribution >= 0.6 is 15.9 Å². The van der Waals surface area contributed by atoms with Crippen LogP contribution in [0.4, 0.5) is 17.1 Å². The van der Waals surface area contributed by atoms with Gasteiger partial charge in [-0.05, 0) is 58.2 Å². The molecule has 3 aromatic carbocycles. The van der Waals surface area contributed by atoms with Crippen LogP contribution in [0.5, 0.6) is 0 Å². The molecule has 2 heteroatoms. The maximum atomic E-state index is 3.79. The van der Waals surface area contributed by atoms with Gasteiger partial charge in [-0.25, -0.2) is 0 Å². The van der Waals surface area contributed by atoms with Gasteiger partial charge in [-0.1, -0.05) is 55.5 Å². The molecule has 0 aliphatic carbocycles. The highest BCUT2D eigenvalue weighted by Crippen LogP contribution is 2.39. The lowest BCUT2D eigenvalue weighted by atomic mass is 10.1. The van der Waals surface area contributed by atoms with Crippen molar-refractivity contribution in [1.29, 1.82) is 0 Å². The highest BCUT2D eigenvalue weighted by atomic mass is 79.9. The molecule has 110 valence electrons. The Morgan fingerprint density at radius 1 is 0.727 bits per heavy atom. The Kier molecular flexibility index (Phi) is 4.59. The Bertz CT molecular complexity index is 699. The lowest BCUT2D eigenvalue weighted by molar-refractivity contribution is 1.12. The zero-order valence-corrected chi connectivity index (χ0v) is 14.1. The molecular formula is C20H18BrN. The summed E-state index contributed by atoms with van der Waals surface area (Å²) in [6.07, 6.45) is 1.01. The second kappa shape index (κ2) is 6.80. The van der Waals surface area contributed by atoms with Crippen LogP contribution in [0.15, 0.2) is 83.3 Å². The van der Waals surface area contributed by atoms with E-state index in [1.165, 1.54) is 5.56 Å². The van der Waals surface area contributed by atoms with Crippen molar-refractivity contribution < 1.29 is 0 Å². The first-order valence-electron chi connectivity index (χ1n) is 7.49. The highest BCUT2D eigenvalue weighted by Gasteiger charge is 2.15. The van der Waals surface area contributed by atoms with Gasteiger partial charge in [0.15, 0.2) is 0 Å². The molecule has 0 aliphatic heterocycles. The van der Waals surface area contributed by atoms with Crippen molar-refractivity contribution in [2.24, 2.45) is 0 Å². The Morgan fingerprint density at radius 2 is 1.27 bits per heavy atom. The molecule has 0 radical (unpaired) electrons. The normalized spacial score (nSPS) is 10.5. The third kappa shape index (κ3) is 2.93. The molecule has 3 rings (SSSR count). The molecule has 3 aromatic rings. The molecule has 0 N–H and O–H groups in total. The molecule has 0 fully saturated rings. The summed E-state index contributed by atoms with van der Waals surface area (Å²) in [4.78, 5) is 2.28. The fourth-order valence-corrected chi connectivity index (χ4v) is 3.32. The van der Waals surface area contributed by atoms with Gasteiger partial charge in [-0.2, -0.15) is 0 Å². The van der Waals surface area contributed by atoms with Crippen molar-refractivity contribution in [3.8, 4) is 0 Å². The van der Waals surface area contributed by atoms with E-state index in [-0.39, 0.29) is 0 Å². The van der Waals surface area contributed by atoms with Crippen molar-refractivity contribution in [2.75, 3.05) is 4.90 Å². The van der Waals surface area contributed by atoms with Gasteiger partial charge in [0.1, 0.15) is 0 Å². The van der Waals surface area contributed by atoms with Crippen molar-refractivity contribution in [2.45, 2.75) is 13.3 Å². The van der Waals surface area contributed by atoms with Crippen molar-refractivity contribution in [3.63, 3.8) is 0 Å². The fraction of sp³-hybridized carbons (Fsp3) is 0.100. The summed E-state index contributed by atoms with van der Waals surface area (Å²) in [5.74, 6) is 0. The van der Waals surface area contributed by atoms with Gasteiger partial charge in [0.2, 0.25) is 0 Å². The van der Waals surface area contributed by atoms with E-state index >= 15 is 0 Å². The molecule has 0 unspecified atom stereocenters. The number of hydrogen-bond acceptors (Lipinski definition) is 1. The average molecular weight is 352 g/mol. The first-order chi connectivity index (χ1) is 10.8. The molecular weight excluding hydrogens is 334 g/mol. The number of para-hydroxylation sites is 2. The van der Waals surface area contributed by atoms with Crippen molar-refractivity contribution in [1.82, 2.24) is 0 Å². The highest BCUT2D eigenvalue weighted by molar-refractivity contribution is 9.10. The minimum atomic E-state index is 1.01. The summed E-state index contributed by atoms with van der Waals surface area (Å²) in [7, 11) is 0. The van der Waals surface area contributed by atoms with E-state index in [9.17, 15) is 0 Å². The minimum absolute atomic E-state index is 1.01. The van der Waals surface area contributed by atoms with Gasteiger partial charge in [0, 0.05) is 15.8 Å². The number of benzene rings is 3. The van der Waals surface area contributed by atoms with E-state index in [2.05, 4.69) is 94.5 Å². The summed E-state index contributed by atoms with van der Waals surface area (Å²) < 4.78 is 1.16. The second-order valence-corrected chi connectivity index (χ2v) is 5.90. The van der Waals surface area contributed by atoms with Crippen molar-refractivity contribution in [3.05, 3.63) is 88.9 Å². The minimum Gasteiger partial charge on any atom is -0.309 e. The molecule has 0 amide bonds. The van der Waals surface area contributed by atoms with Gasteiger partial charge in [-0.15, -0.1) is 0 Å². The molecule has 0 spiro atoms. The van der Waals surface area contributed by atoms with Gasteiger partial charge < -0.3 is 4.90 Å². The molecule has 1 nitrogen and oxygen atoms in total. The summed E-state index contributed by atoms with van der Waals surface area (Å²) >= 11 is 3.79. The van der Waals surface area contributed by atoms with Crippen molar-refractivity contribution >= 4 is 33.0 Å². The van der Waals surface area contributed by atoms with Crippen LogP contribution in [-0.4, -0.2) is 0 Å². The van der Waals surface area contributed by atoms with E-state index < -0.39 is 0 Å². The predicted octanol–water partition coefficient (Wildman–Crippen LogP) is 6.48. The van der Waals surface area contributed by atoms with E-state index in [1.807, 2.05) is 12.1 Å². The number of nitrogens with zero attached hydrogens (tertiary/aromatic N) is 1. The van der Waals surface area contributed by atoms with Gasteiger partial charge >= 0.3 is 0 Å². The van der Waals surface area contributed by atoms with Crippen LogP contribution in [0.25, 0.3) is 0 Å². The Balaban J connectivity index is 2.19. The first-order valence-corrected chi connectivity index (χ1v) is 8.28. The summed E-state index contributed by atoms with van der Waals surface area (Å²) in [5.41, 5.74) is 4.79. The largest absolute Gasteiger partial charge is 0.309 e. The molecule has 0 atom stereocenters. The van der Waals surface area contributed by atoms with Crippen LogP contribution in [0.2, 0.25) is 0 Å². The van der Waals surface area contributed by atoms with Crippen LogP contribution in [0.1, 0.15) is 12.5 Å². The average Bonchev–Trinajstić information content (AvgIpc) is 2.59. The summed E-state index contributed by atoms with van der Waals surface area (Å²) in [5, 5.41) is 0. The second-order valence-electron chi connectivity index (χ2n) is 5.11. The topological polar surface area (TPSA) is 3.24 Å². The van der Waals surface area contributed by atoms with E-state index in [0.29, 0.717) is 0 Å². The number of anilines is 3. The third-order valence-corrected chi connectivity index (χ3v) is 4.62. The Morgan fingerprint density at radius 3 is 1.77 bits per heavy atom. The zero-order chi connectivity index (χ0) is 15.4. The number of hydrogen-bond donors (Lipinski definition) is 0. The van der Waals surface area contributed by atoms with Crippen LogP contribution in [-0.2, 0) is 6.42 Å². The summed E-state index contributed by atoms with van der Waals surface area (Å²) in [6.45, 7) is 2.18. The van der Waals surface area contributed by atoms with Crippen LogP contribution in [0.3, 0.4) is 0 Å². The van der Waals surface area contributed by atoms with Gasteiger partial charge in [0.25, 0.3) is 0 Å². The fourth-order valence-electron chi connectivity index (χ4n) is 2.59. The molecule has 0 aliphatic rings. The van der Waals surface area contributed by atoms with Gasteiger partial charge in [0.05, 0.1) is 5.69 Å². The van der Waals surface area contributed by atoms with Crippen LogP contribution in [0, 0.1) is 0 Å².